The summed E-state index contributed by atoms with van der Waals surface area (Å²) in [6.45, 7) is 16.2. The summed E-state index contributed by atoms with van der Waals surface area (Å²) in [5, 5.41) is 2.61. The topological polar surface area (TPSA) is 94.2 Å². The number of alkyl carbamates (subject to hydrolysis) is 1. The molecule has 0 heterocycles. The highest BCUT2D eigenvalue weighted by molar-refractivity contribution is 7.99. The molecule has 1 unspecified atom stereocenters. The Morgan fingerprint density at radius 2 is 1.37 bits per heavy atom. The van der Waals surface area contributed by atoms with Crippen molar-refractivity contribution < 1.29 is 28.6 Å². The zero-order chi connectivity index (χ0) is 23.8. The molecule has 176 valence electrons. The maximum absolute atomic E-state index is 12.5. The quantitative estimate of drug-likeness (QED) is 0.248. The molecule has 0 aromatic heterocycles. The van der Waals surface area contributed by atoms with E-state index < -0.39 is 34.9 Å². The zero-order valence-electron chi connectivity index (χ0n) is 20.2. The number of hydrogen-bond acceptors (Lipinski definition) is 8. The lowest BCUT2D eigenvalue weighted by Crippen LogP contribution is -2.46. The van der Waals surface area contributed by atoms with Crippen LogP contribution in [0.4, 0.5) is 4.79 Å². The molecule has 0 spiro atoms. The highest BCUT2D eigenvalue weighted by Crippen LogP contribution is 2.14. The number of thioether (sulfide) groups is 1. The van der Waals surface area contributed by atoms with Gasteiger partial charge in [0.1, 0.15) is 22.8 Å². The van der Waals surface area contributed by atoms with E-state index in [2.05, 4.69) is 5.32 Å². The molecule has 0 aliphatic rings. The maximum atomic E-state index is 12.5. The van der Waals surface area contributed by atoms with Gasteiger partial charge in [-0.25, -0.2) is 9.59 Å². The van der Waals surface area contributed by atoms with Gasteiger partial charge in [0.25, 0.3) is 0 Å². The third-order valence-electron chi connectivity index (χ3n) is 3.06. The lowest BCUT2D eigenvalue weighted by molar-refractivity contribution is -0.157. The van der Waals surface area contributed by atoms with Gasteiger partial charge in [0.15, 0.2) is 0 Å². The highest BCUT2D eigenvalue weighted by atomic mass is 32.2. The summed E-state index contributed by atoms with van der Waals surface area (Å²) in [7, 11) is 1.82. The third-order valence-corrected chi connectivity index (χ3v) is 4.21. The Kier molecular flexibility index (Phi) is 11.2. The second-order valence-corrected chi connectivity index (χ2v) is 11.2. The van der Waals surface area contributed by atoms with Gasteiger partial charge in [0.2, 0.25) is 0 Å². The number of carbonyl (C=O) groups is 3. The van der Waals surface area contributed by atoms with Crippen molar-refractivity contribution in [2.24, 2.45) is 0 Å². The first-order valence-corrected chi connectivity index (χ1v) is 11.2. The van der Waals surface area contributed by atoms with Gasteiger partial charge in [-0.05, 0) is 81.5 Å². The third kappa shape index (κ3) is 16.3. The predicted molar refractivity (Wildman–Crippen MR) is 119 cm³/mol. The van der Waals surface area contributed by atoms with Gasteiger partial charge >= 0.3 is 18.0 Å². The summed E-state index contributed by atoms with van der Waals surface area (Å²) >= 11 is 1.54. The molecule has 30 heavy (non-hydrogen) atoms. The Hall–Kier alpha value is -1.48. The summed E-state index contributed by atoms with van der Waals surface area (Å²) < 4.78 is 16.0. The second-order valence-electron chi connectivity index (χ2n) is 10.2. The molecule has 1 N–H and O–H groups in total. The number of carbonyl (C=O) groups excluding carboxylic acids is 3. The fourth-order valence-corrected chi connectivity index (χ4v) is 3.07. The van der Waals surface area contributed by atoms with Gasteiger partial charge < -0.3 is 19.5 Å². The number of hydrogen-bond donors (Lipinski definition) is 1. The van der Waals surface area contributed by atoms with E-state index in [1.807, 2.05) is 32.7 Å². The fourth-order valence-electron chi connectivity index (χ4n) is 2.13. The summed E-state index contributed by atoms with van der Waals surface area (Å²) in [5.74, 6) is 0.366. The molecular formula is C21H40N2O6S. The minimum Gasteiger partial charge on any atom is -0.459 e. The number of amides is 1. The monoisotopic (exact) mass is 448 g/mol. The normalized spacial score (nSPS) is 13.6. The van der Waals surface area contributed by atoms with Gasteiger partial charge in [-0.1, -0.05) is 0 Å². The van der Waals surface area contributed by atoms with E-state index in [9.17, 15) is 14.4 Å². The second kappa shape index (κ2) is 11.8. The van der Waals surface area contributed by atoms with Crippen LogP contribution >= 0.6 is 11.8 Å². The van der Waals surface area contributed by atoms with Gasteiger partial charge in [0.05, 0.1) is 6.54 Å². The molecule has 0 aliphatic carbocycles. The van der Waals surface area contributed by atoms with Crippen LogP contribution in [-0.2, 0) is 23.8 Å². The van der Waals surface area contributed by atoms with E-state index in [0.717, 1.165) is 0 Å². The Labute approximate surface area is 185 Å². The number of rotatable bonds is 9. The molecule has 0 fully saturated rings. The number of ether oxygens (including phenoxy) is 3. The van der Waals surface area contributed by atoms with Crippen molar-refractivity contribution in [2.45, 2.75) is 91.6 Å². The zero-order valence-corrected chi connectivity index (χ0v) is 21.0. The SMILES string of the molecule is CN(CSCCC(NC(=O)OC(C)(C)C)C(=O)OC(C)(C)C)CC(=O)OC(C)(C)C. The summed E-state index contributed by atoms with van der Waals surface area (Å²) in [4.78, 5) is 38.3. The van der Waals surface area contributed by atoms with Crippen LogP contribution in [-0.4, -0.2) is 71.0 Å². The van der Waals surface area contributed by atoms with Crippen LogP contribution in [0.5, 0.6) is 0 Å². The van der Waals surface area contributed by atoms with Crippen LogP contribution in [0.2, 0.25) is 0 Å². The van der Waals surface area contributed by atoms with Crippen LogP contribution in [0, 0.1) is 0 Å². The molecule has 0 aromatic rings. The maximum Gasteiger partial charge on any atom is 0.408 e. The van der Waals surface area contributed by atoms with E-state index in [4.69, 9.17) is 14.2 Å². The number of likely N-dealkylation sites (N-methyl/N-ethyl adjacent to an activating group) is 1. The van der Waals surface area contributed by atoms with Crippen molar-refractivity contribution in [1.29, 1.82) is 0 Å². The molecule has 0 saturated heterocycles. The lowest BCUT2D eigenvalue weighted by atomic mass is 10.1. The fraction of sp³-hybridized carbons (Fsp3) is 0.857. The summed E-state index contributed by atoms with van der Waals surface area (Å²) in [6.07, 6.45) is -0.288. The standard InChI is InChI=1S/C21H40N2O6S/c1-19(2,3)27-16(24)13-23(10)14-30-12-11-15(17(25)28-20(4,5)6)22-18(26)29-21(7,8)9/h15H,11-14H2,1-10H3,(H,22,26). The minimum absolute atomic E-state index is 0.177. The molecule has 8 nitrogen and oxygen atoms in total. The van der Waals surface area contributed by atoms with Crippen LogP contribution < -0.4 is 5.32 Å². The minimum atomic E-state index is -0.817. The molecular weight excluding hydrogens is 408 g/mol. The first kappa shape index (κ1) is 28.5. The van der Waals surface area contributed by atoms with E-state index in [1.54, 1.807) is 53.3 Å². The van der Waals surface area contributed by atoms with E-state index >= 15 is 0 Å². The van der Waals surface area contributed by atoms with Crippen LogP contribution in [0.3, 0.4) is 0 Å². The van der Waals surface area contributed by atoms with Crippen molar-refractivity contribution in [3.63, 3.8) is 0 Å². The van der Waals surface area contributed by atoms with Crippen molar-refractivity contribution in [1.82, 2.24) is 10.2 Å². The molecule has 0 rings (SSSR count). The molecule has 9 heteroatoms. The highest BCUT2D eigenvalue weighted by Gasteiger charge is 2.28. The Balaban J connectivity index is 4.65. The van der Waals surface area contributed by atoms with E-state index in [1.165, 1.54) is 0 Å². The Morgan fingerprint density at radius 1 is 0.867 bits per heavy atom. The average Bonchev–Trinajstić information content (AvgIpc) is 2.44. The first-order valence-electron chi connectivity index (χ1n) is 10.1. The molecule has 0 radical (unpaired) electrons. The van der Waals surface area contributed by atoms with Gasteiger partial charge in [-0.2, -0.15) is 0 Å². The number of nitrogens with one attached hydrogen (secondary N) is 1. The number of esters is 2. The Bertz CT molecular complexity index is 576. The molecule has 1 amide bonds. The molecule has 0 saturated carbocycles. The van der Waals surface area contributed by atoms with Gasteiger partial charge in [-0.3, -0.25) is 9.69 Å². The first-order chi connectivity index (χ1) is 13.4. The van der Waals surface area contributed by atoms with E-state index in [-0.39, 0.29) is 12.5 Å². The smallest absolute Gasteiger partial charge is 0.408 e. The van der Waals surface area contributed by atoms with Crippen molar-refractivity contribution in [2.75, 3.05) is 25.2 Å². The molecule has 1 atom stereocenters. The largest absolute Gasteiger partial charge is 0.459 e. The lowest BCUT2D eigenvalue weighted by Gasteiger charge is -2.26. The van der Waals surface area contributed by atoms with Crippen molar-refractivity contribution >= 4 is 29.8 Å². The molecule has 0 aromatic carbocycles. The number of nitrogens with zero attached hydrogens (tertiary/aromatic N) is 1. The van der Waals surface area contributed by atoms with Crippen molar-refractivity contribution in [3.8, 4) is 0 Å². The van der Waals surface area contributed by atoms with Gasteiger partial charge in [-0.15, -0.1) is 11.8 Å². The predicted octanol–water partition coefficient (Wildman–Crippen LogP) is 3.58. The average molecular weight is 449 g/mol. The molecule has 0 bridgehead atoms. The molecule has 0 aliphatic heterocycles. The summed E-state index contributed by atoms with van der Waals surface area (Å²) in [6, 6.07) is -0.817. The van der Waals surface area contributed by atoms with Crippen LogP contribution in [0.25, 0.3) is 0 Å². The van der Waals surface area contributed by atoms with Crippen molar-refractivity contribution in [3.05, 3.63) is 0 Å². The van der Waals surface area contributed by atoms with Crippen LogP contribution in [0.1, 0.15) is 68.7 Å². The van der Waals surface area contributed by atoms with Gasteiger partial charge in [0, 0.05) is 5.88 Å². The Morgan fingerprint density at radius 3 is 1.83 bits per heavy atom. The van der Waals surface area contributed by atoms with E-state index in [0.29, 0.717) is 18.1 Å². The van der Waals surface area contributed by atoms with Crippen LogP contribution in [0.15, 0.2) is 0 Å². The summed E-state index contributed by atoms with van der Waals surface area (Å²) in [5.41, 5.74) is -1.84.